The summed E-state index contributed by atoms with van der Waals surface area (Å²) in [5, 5.41) is 5.61. The molecule has 0 aromatic heterocycles. The molecule has 1 heterocycles. The summed E-state index contributed by atoms with van der Waals surface area (Å²) < 4.78 is 18.8. The molecule has 7 heteroatoms. The van der Waals surface area contributed by atoms with Gasteiger partial charge in [-0.25, -0.2) is 9.18 Å². The van der Waals surface area contributed by atoms with Gasteiger partial charge < -0.3 is 15.4 Å². The van der Waals surface area contributed by atoms with Crippen LogP contribution in [-0.4, -0.2) is 32.1 Å². The molecule has 142 valence electrons. The van der Waals surface area contributed by atoms with Gasteiger partial charge >= 0.3 is 6.03 Å². The van der Waals surface area contributed by atoms with E-state index in [0.717, 1.165) is 5.56 Å². The van der Waals surface area contributed by atoms with Crippen molar-refractivity contribution in [3.05, 3.63) is 58.9 Å². The van der Waals surface area contributed by atoms with Crippen molar-refractivity contribution in [1.82, 2.24) is 10.6 Å². The Morgan fingerprint density at radius 1 is 1.30 bits per heavy atom. The van der Waals surface area contributed by atoms with Crippen LogP contribution < -0.4 is 20.3 Å². The minimum Gasteiger partial charge on any atom is -0.494 e. The maximum atomic E-state index is 13.9. The zero-order valence-electron chi connectivity index (χ0n) is 15.5. The molecule has 2 aromatic rings. The maximum Gasteiger partial charge on any atom is 0.322 e. The summed E-state index contributed by atoms with van der Waals surface area (Å²) in [6, 6.07) is 9.26. The first-order valence-electron chi connectivity index (χ1n) is 8.71. The van der Waals surface area contributed by atoms with Gasteiger partial charge in [-0.05, 0) is 49.2 Å². The van der Waals surface area contributed by atoms with Crippen molar-refractivity contribution in [2.24, 2.45) is 0 Å². The minimum absolute atomic E-state index is 0.157. The lowest BCUT2D eigenvalue weighted by Crippen LogP contribution is -2.30. The van der Waals surface area contributed by atoms with Crippen molar-refractivity contribution in [2.45, 2.75) is 19.9 Å². The number of ether oxygens (including phenoxy) is 1. The quantitative estimate of drug-likeness (QED) is 0.848. The van der Waals surface area contributed by atoms with Crippen molar-refractivity contribution in [2.75, 3.05) is 25.1 Å². The van der Waals surface area contributed by atoms with Gasteiger partial charge in [0, 0.05) is 24.3 Å². The third-order valence-electron chi connectivity index (χ3n) is 4.64. The highest BCUT2D eigenvalue weighted by Gasteiger charge is 2.23. The number of halogens is 1. The summed E-state index contributed by atoms with van der Waals surface area (Å²) in [6.45, 7) is 4.81. The molecule has 6 nitrogen and oxygen atoms in total. The van der Waals surface area contributed by atoms with E-state index >= 15 is 0 Å². The van der Waals surface area contributed by atoms with Crippen molar-refractivity contribution >= 4 is 17.6 Å². The van der Waals surface area contributed by atoms with Gasteiger partial charge in [-0.1, -0.05) is 12.1 Å². The number of aryl methyl sites for hydroxylation is 1. The van der Waals surface area contributed by atoms with Crippen LogP contribution in [0.5, 0.6) is 5.75 Å². The minimum atomic E-state index is -0.478. The standard InChI is InChI=1S/C20H22FN3O3/c1-12-4-5-15(11-17(12)24-9-8-22-20(24)26)19(25)23-13(2)14-6-7-18(27-3)16(21)10-14/h4-7,10-11,13H,8-9H2,1-3H3,(H,22,26)(H,23,25). The molecule has 3 amide bonds. The smallest absolute Gasteiger partial charge is 0.322 e. The molecular formula is C20H22FN3O3. The number of hydrogen-bond acceptors (Lipinski definition) is 3. The van der Waals surface area contributed by atoms with E-state index in [9.17, 15) is 14.0 Å². The Balaban J connectivity index is 1.78. The zero-order valence-corrected chi connectivity index (χ0v) is 15.5. The number of carbonyl (C=O) groups excluding carboxylic acids is 2. The van der Waals surface area contributed by atoms with E-state index in [1.54, 1.807) is 30.0 Å². The first kappa shape index (κ1) is 18.7. The third kappa shape index (κ3) is 3.86. The lowest BCUT2D eigenvalue weighted by Gasteiger charge is -2.19. The number of anilines is 1. The summed E-state index contributed by atoms with van der Waals surface area (Å²) >= 11 is 0. The van der Waals surface area contributed by atoms with E-state index in [2.05, 4.69) is 10.6 Å². The molecule has 1 fully saturated rings. The van der Waals surface area contributed by atoms with Gasteiger partial charge in [-0.3, -0.25) is 9.69 Å². The molecule has 0 spiro atoms. The van der Waals surface area contributed by atoms with Crippen molar-refractivity contribution < 1.29 is 18.7 Å². The monoisotopic (exact) mass is 371 g/mol. The predicted octanol–water partition coefficient (Wildman–Crippen LogP) is 3.16. The fraction of sp³-hybridized carbons (Fsp3) is 0.300. The number of hydrogen-bond donors (Lipinski definition) is 2. The second kappa shape index (κ2) is 7.65. The maximum absolute atomic E-state index is 13.9. The average Bonchev–Trinajstić information content (AvgIpc) is 3.07. The first-order valence-corrected chi connectivity index (χ1v) is 8.71. The van der Waals surface area contributed by atoms with Crippen LogP contribution >= 0.6 is 0 Å². The summed E-state index contributed by atoms with van der Waals surface area (Å²) in [6.07, 6.45) is 0. The zero-order chi connectivity index (χ0) is 19.6. The number of benzene rings is 2. The molecule has 0 aliphatic carbocycles. The Morgan fingerprint density at radius 3 is 2.70 bits per heavy atom. The van der Waals surface area contributed by atoms with E-state index in [0.29, 0.717) is 29.9 Å². The number of methoxy groups -OCH3 is 1. The molecule has 2 aromatic carbocycles. The molecule has 1 aliphatic heterocycles. The van der Waals surface area contributed by atoms with E-state index in [1.165, 1.54) is 19.2 Å². The molecule has 1 atom stereocenters. The Labute approximate surface area is 157 Å². The molecule has 3 rings (SSSR count). The van der Waals surface area contributed by atoms with Crippen molar-refractivity contribution in [1.29, 1.82) is 0 Å². The topological polar surface area (TPSA) is 70.7 Å². The van der Waals surface area contributed by atoms with E-state index < -0.39 is 11.9 Å². The van der Waals surface area contributed by atoms with Crippen molar-refractivity contribution in [3.8, 4) is 5.75 Å². The Kier molecular flexibility index (Phi) is 5.30. The number of rotatable bonds is 5. The van der Waals surface area contributed by atoms with Gasteiger partial charge in [0.1, 0.15) is 0 Å². The lowest BCUT2D eigenvalue weighted by molar-refractivity contribution is 0.0939. The molecule has 2 N–H and O–H groups in total. The molecule has 1 aliphatic rings. The second-order valence-corrected chi connectivity index (χ2v) is 6.47. The first-order chi connectivity index (χ1) is 12.9. The van der Waals surface area contributed by atoms with Gasteiger partial charge in [0.05, 0.1) is 13.2 Å². The Bertz CT molecular complexity index is 885. The van der Waals surface area contributed by atoms with E-state index in [-0.39, 0.29) is 17.7 Å². The van der Waals surface area contributed by atoms with Crippen LogP contribution in [0.15, 0.2) is 36.4 Å². The fourth-order valence-corrected chi connectivity index (χ4v) is 3.06. The number of nitrogens with one attached hydrogen (secondary N) is 2. The molecule has 27 heavy (non-hydrogen) atoms. The SMILES string of the molecule is COc1ccc(C(C)NC(=O)c2ccc(C)c(N3CCNC3=O)c2)cc1F. The van der Waals surface area contributed by atoms with E-state index in [1.807, 2.05) is 13.0 Å². The lowest BCUT2D eigenvalue weighted by atomic mass is 10.1. The molecule has 1 saturated heterocycles. The number of nitrogens with zero attached hydrogens (tertiary/aromatic N) is 1. The fourth-order valence-electron chi connectivity index (χ4n) is 3.06. The van der Waals surface area contributed by atoms with E-state index in [4.69, 9.17) is 4.74 Å². The van der Waals surface area contributed by atoms with Crippen LogP contribution in [0.4, 0.5) is 14.9 Å². The highest BCUT2D eigenvalue weighted by Crippen LogP contribution is 2.25. The van der Waals surface area contributed by atoms with Gasteiger partial charge in [0.2, 0.25) is 0 Å². The summed E-state index contributed by atoms with van der Waals surface area (Å²) in [7, 11) is 1.40. The average molecular weight is 371 g/mol. The third-order valence-corrected chi connectivity index (χ3v) is 4.64. The summed E-state index contributed by atoms with van der Waals surface area (Å²) in [4.78, 5) is 26.2. The highest BCUT2D eigenvalue weighted by molar-refractivity contribution is 5.99. The van der Waals surface area contributed by atoms with Gasteiger partial charge in [-0.15, -0.1) is 0 Å². The molecule has 0 saturated carbocycles. The molecular weight excluding hydrogens is 349 g/mol. The normalized spacial score (nSPS) is 14.7. The predicted molar refractivity (Wildman–Crippen MR) is 101 cm³/mol. The Morgan fingerprint density at radius 2 is 2.07 bits per heavy atom. The summed E-state index contributed by atoms with van der Waals surface area (Å²) in [5.41, 5.74) is 2.69. The molecule has 1 unspecified atom stereocenters. The van der Waals surface area contributed by atoms with Crippen LogP contribution in [0.1, 0.15) is 34.5 Å². The van der Waals surface area contributed by atoms with Crippen LogP contribution in [-0.2, 0) is 0 Å². The second-order valence-electron chi connectivity index (χ2n) is 6.47. The highest BCUT2D eigenvalue weighted by atomic mass is 19.1. The number of amides is 3. The number of carbonyl (C=O) groups is 2. The largest absolute Gasteiger partial charge is 0.494 e. The van der Waals surface area contributed by atoms with Crippen LogP contribution in [0, 0.1) is 12.7 Å². The van der Waals surface area contributed by atoms with Crippen LogP contribution in [0.3, 0.4) is 0 Å². The van der Waals surface area contributed by atoms with Gasteiger partial charge in [-0.2, -0.15) is 0 Å². The van der Waals surface area contributed by atoms with Gasteiger partial charge in [0.25, 0.3) is 5.91 Å². The van der Waals surface area contributed by atoms with Crippen LogP contribution in [0.2, 0.25) is 0 Å². The van der Waals surface area contributed by atoms with Crippen molar-refractivity contribution in [3.63, 3.8) is 0 Å². The van der Waals surface area contributed by atoms with Crippen LogP contribution in [0.25, 0.3) is 0 Å². The number of urea groups is 1. The molecule has 0 bridgehead atoms. The molecule has 0 radical (unpaired) electrons. The summed E-state index contributed by atoms with van der Waals surface area (Å²) in [5.74, 6) is -0.613. The van der Waals surface area contributed by atoms with Gasteiger partial charge in [0.15, 0.2) is 11.6 Å². The Hall–Kier alpha value is -3.09.